The molecule has 0 aliphatic rings. The van der Waals surface area contributed by atoms with E-state index in [1.54, 1.807) is 53.7 Å². The Kier molecular flexibility index (Phi) is 12.0. The van der Waals surface area contributed by atoms with Crippen molar-refractivity contribution < 1.29 is 28.7 Å². The Morgan fingerprint density at radius 2 is 1.43 bits per heavy atom. The van der Waals surface area contributed by atoms with Gasteiger partial charge >= 0.3 is 12.1 Å². The van der Waals surface area contributed by atoms with Gasteiger partial charge in [0.25, 0.3) is 0 Å². The largest absolute Gasteiger partial charge is 0.458 e. The van der Waals surface area contributed by atoms with Gasteiger partial charge in [0.1, 0.15) is 29.3 Å². The van der Waals surface area contributed by atoms with Crippen molar-refractivity contribution in [2.45, 2.75) is 91.1 Å². The molecule has 0 heterocycles. The van der Waals surface area contributed by atoms with Crippen LogP contribution in [0.4, 0.5) is 4.79 Å². The van der Waals surface area contributed by atoms with Gasteiger partial charge in [-0.25, -0.2) is 9.59 Å². The topological polar surface area (TPSA) is 114 Å². The Morgan fingerprint density at radius 1 is 0.833 bits per heavy atom. The average molecular weight is 600 g/mol. The highest BCUT2D eigenvalue weighted by Crippen LogP contribution is 2.27. The lowest BCUT2D eigenvalue weighted by molar-refractivity contribution is -0.159. The van der Waals surface area contributed by atoms with Gasteiger partial charge in [0.15, 0.2) is 0 Å². The van der Waals surface area contributed by atoms with Crippen LogP contribution in [0.25, 0.3) is 0 Å². The lowest BCUT2D eigenvalue weighted by Gasteiger charge is -2.33. The third kappa shape index (κ3) is 10.4. The van der Waals surface area contributed by atoms with Gasteiger partial charge in [0.05, 0.1) is 0 Å². The number of likely N-dealkylation sites (N-methyl/N-ethyl adjacent to an activating group) is 1. The Labute approximate surface area is 255 Å². The van der Waals surface area contributed by atoms with Crippen molar-refractivity contribution in [1.82, 2.24) is 15.5 Å². The van der Waals surface area contributed by atoms with Crippen molar-refractivity contribution in [3.05, 3.63) is 70.8 Å². The van der Waals surface area contributed by atoms with Crippen LogP contribution in [0.15, 0.2) is 48.5 Å². The maximum Gasteiger partial charge on any atom is 0.408 e. The highest BCUT2D eigenvalue weighted by atomic mass is 32.1. The number of nitrogens with zero attached hydrogens (tertiary/aromatic N) is 1. The van der Waals surface area contributed by atoms with E-state index in [2.05, 4.69) is 23.3 Å². The van der Waals surface area contributed by atoms with Crippen LogP contribution in [0.1, 0.15) is 69.8 Å². The predicted octanol–water partition coefficient (Wildman–Crippen LogP) is 4.70. The van der Waals surface area contributed by atoms with Crippen molar-refractivity contribution in [1.29, 1.82) is 0 Å². The fraction of sp³-hybridized carbons (Fsp3) is 0.500. The molecule has 0 fully saturated rings. The molecule has 0 aliphatic heterocycles. The zero-order chi connectivity index (χ0) is 31.8. The van der Waals surface area contributed by atoms with E-state index < -0.39 is 53.2 Å². The number of amides is 3. The molecule has 9 nitrogen and oxygen atoms in total. The van der Waals surface area contributed by atoms with Crippen molar-refractivity contribution >= 4 is 36.5 Å². The zero-order valence-corrected chi connectivity index (χ0v) is 27.0. The van der Waals surface area contributed by atoms with Crippen LogP contribution in [0.5, 0.6) is 0 Å². The molecule has 2 rings (SSSR count). The fourth-order valence-electron chi connectivity index (χ4n) is 4.27. The van der Waals surface area contributed by atoms with E-state index >= 15 is 0 Å². The molecule has 0 aliphatic carbocycles. The summed E-state index contributed by atoms with van der Waals surface area (Å²) < 4.78 is 11.0. The van der Waals surface area contributed by atoms with Gasteiger partial charge in [-0.05, 0) is 77.6 Å². The third-order valence-corrected chi connectivity index (χ3v) is 6.75. The first kappa shape index (κ1) is 34.7. The summed E-state index contributed by atoms with van der Waals surface area (Å²) in [5.41, 5.74) is 1.62. The molecule has 3 atom stereocenters. The number of hydrogen-bond acceptors (Lipinski definition) is 7. The van der Waals surface area contributed by atoms with Gasteiger partial charge in [-0.2, -0.15) is 12.6 Å². The molecular formula is C32H45N3O6S. The second-order valence-electron chi connectivity index (χ2n) is 12.3. The van der Waals surface area contributed by atoms with Crippen LogP contribution in [-0.4, -0.2) is 64.9 Å². The molecule has 2 aromatic carbocycles. The van der Waals surface area contributed by atoms with E-state index in [0.29, 0.717) is 5.56 Å². The fourth-order valence-corrected chi connectivity index (χ4v) is 4.52. The van der Waals surface area contributed by atoms with Crippen molar-refractivity contribution in [3.63, 3.8) is 0 Å². The predicted molar refractivity (Wildman–Crippen MR) is 166 cm³/mol. The first-order valence-corrected chi connectivity index (χ1v) is 14.6. The van der Waals surface area contributed by atoms with E-state index in [0.717, 1.165) is 16.7 Å². The highest BCUT2D eigenvalue weighted by molar-refractivity contribution is 7.80. The molecule has 0 saturated heterocycles. The van der Waals surface area contributed by atoms with Gasteiger partial charge in [-0.1, -0.05) is 48.5 Å². The van der Waals surface area contributed by atoms with Crippen molar-refractivity contribution in [2.24, 2.45) is 0 Å². The molecule has 0 radical (unpaired) electrons. The number of benzene rings is 2. The third-order valence-electron chi connectivity index (χ3n) is 6.39. The van der Waals surface area contributed by atoms with E-state index in [9.17, 15) is 19.2 Å². The summed E-state index contributed by atoms with van der Waals surface area (Å²) in [5.74, 6) is -1.73. The smallest absolute Gasteiger partial charge is 0.408 e. The minimum atomic E-state index is -1.12. The Hall–Kier alpha value is -3.53. The number of esters is 1. The molecular weight excluding hydrogens is 554 g/mol. The lowest BCUT2D eigenvalue weighted by Crippen LogP contribution is -2.54. The molecule has 42 heavy (non-hydrogen) atoms. The molecule has 2 N–H and O–H groups in total. The van der Waals surface area contributed by atoms with Crippen LogP contribution in [0, 0.1) is 13.8 Å². The summed E-state index contributed by atoms with van der Waals surface area (Å²) in [4.78, 5) is 54.8. The van der Waals surface area contributed by atoms with Gasteiger partial charge in [0.2, 0.25) is 11.8 Å². The number of ether oxygens (including phenoxy) is 2. The number of carbonyl (C=O) groups excluding carboxylic acids is 4. The molecule has 2 aromatic rings. The summed E-state index contributed by atoms with van der Waals surface area (Å²) >= 11 is 4.28. The first-order valence-electron chi connectivity index (χ1n) is 13.9. The first-order chi connectivity index (χ1) is 19.4. The van der Waals surface area contributed by atoms with Gasteiger partial charge in [-0.3, -0.25) is 9.59 Å². The lowest BCUT2D eigenvalue weighted by atomic mass is 9.95. The highest BCUT2D eigenvalue weighted by Gasteiger charge is 2.37. The summed E-state index contributed by atoms with van der Waals surface area (Å²) in [6.45, 7) is 14.2. The summed E-state index contributed by atoms with van der Waals surface area (Å²) in [6, 6.07) is 11.6. The Balaban J connectivity index is 2.47. The second-order valence-corrected chi connectivity index (χ2v) is 12.7. The molecule has 230 valence electrons. The Bertz CT molecular complexity index is 1250. The maximum atomic E-state index is 14.1. The van der Waals surface area contributed by atoms with Crippen molar-refractivity contribution in [2.75, 3.05) is 12.8 Å². The monoisotopic (exact) mass is 599 g/mol. The van der Waals surface area contributed by atoms with E-state index in [1.807, 2.05) is 50.2 Å². The minimum absolute atomic E-state index is 0.0297. The minimum Gasteiger partial charge on any atom is -0.458 e. The average Bonchev–Trinajstić information content (AvgIpc) is 2.87. The number of thiol groups is 1. The molecule has 3 amide bonds. The molecule has 0 bridgehead atoms. The van der Waals surface area contributed by atoms with Crippen LogP contribution in [-0.2, 0) is 30.3 Å². The molecule has 3 unspecified atom stereocenters. The standard InChI is InChI=1S/C32H45N3O6S/c1-20-14-13-17-23(21(20)2)26(35(9)28(37)25(19-42)34-30(39)41-32(6,7)8)27(36)33-24(29(38)40-31(3,4)5)18-22-15-11-10-12-16-22/h10-17,24-26,42H,18-19H2,1-9H3,(H,33,36)(H,34,39). The van der Waals surface area contributed by atoms with Crippen LogP contribution >= 0.6 is 12.6 Å². The Morgan fingerprint density at radius 3 is 1.98 bits per heavy atom. The number of carbonyl (C=O) groups is 4. The number of hydrogen-bond donors (Lipinski definition) is 3. The quantitative estimate of drug-likeness (QED) is 0.270. The van der Waals surface area contributed by atoms with Gasteiger partial charge in [0, 0.05) is 19.2 Å². The second kappa shape index (κ2) is 14.6. The molecule has 0 saturated carbocycles. The van der Waals surface area contributed by atoms with Crippen LogP contribution in [0.3, 0.4) is 0 Å². The molecule has 0 aromatic heterocycles. The zero-order valence-electron chi connectivity index (χ0n) is 26.1. The number of aryl methyl sites for hydroxylation is 1. The van der Waals surface area contributed by atoms with E-state index in [-0.39, 0.29) is 12.2 Å². The van der Waals surface area contributed by atoms with Crippen molar-refractivity contribution in [3.8, 4) is 0 Å². The van der Waals surface area contributed by atoms with E-state index in [4.69, 9.17) is 9.47 Å². The summed E-state index contributed by atoms with van der Waals surface area (Å²) in [6.07, 6.45) is -0.582. The number of nitrogens with one attached hydrogen (secondary N) is 2. The number of alkyl carbamates (subject to hydrolysis) is 1. The normalized spacial score (nSPS) is 13.8. The molecule has 10 heteroatoms. The van der Waals surface area contributed by atoms with Gasteiger partial charge < -0.3 is 25.0 Å². The summed E-state index contributed by atoms with van der Waals surface area (Å²) in [7, 11) is 1.49. The molecule has 0 spiro atoms. The SMILES string of the molecule is Cc1cccc(C(C(=O)NC(Cc2ccccc2)C(=O)OC(C)(C)C)N(C)C(=O)C(CS)NC(=O)OC(C)(C)C)c1C. The maximum absolute atomic E-state index is 14.1. The summed E-state index contributed by atoms with van der Waals surface area (Å²) in [5, 5.41) is 5.42. The van der Waals surface area contributed by atoms with Crippen LogP contribution in [0.2, 0.25) is 0 Å². The van der Waals surface area contributed by atoms with Crippen LogP contribution < -0.4 is 10.6 Å². The number of rotatable bonds is 10. The van der Waals surface area contributed by atoms with E-state index in [1.165, 1.54) is 11.9 Å². The van der Waals surface area contributed by atoms with Gasteiger partial charge in [-0.15, -0.1) is 0 Å².